The molecule has 1 heterocycles. The molecule has 0 aromatic heterocycles. The van der Waals surface area contributed by atoms with E-state index in [-0.39, 0.29) is 18.1 Å². The summed E-state index contributed by atoms with van der Waals surface area (Å²) in [4.78, 5) is 14.0. The van der Waals surface area contributed by atoms with Crippen LogP contribution in [0.15, 0.2) is 30.3 Å². The Morgan fingerprint density at radius 3 is 2.74 bits per heavy atom. The minimum Gasteiger partial charge on any atom is -0.468 e. The van der Waals surface area contributed by atoms with Gasteiger partial charge in [0.25, 0.3) is 0 Å². The lowest BCUT2D eigenvalue weighted by Crippen LogP contribution is -2.36. The molecule has 0 saturated carbocycles. The van der Waals surface area contributed by atoms with Gasteiger partial charge in [-0.05, 0) is 12.5 Å². The molecule has 0 radical (unpaired) electrons. The van der Waals surface area contributed by atoms with Crippen molar-refractivity contribution in [2.75, 3.05) is 20.3 Å². The number of ether oxygens (including phenoxy) is 2. The summed E-state index contributed by atoms with van der Waals surface area (Å²) in [5.41, 5.74) is 1.20. The smallest absolute Gasteiger partial charge is 0.323 e. The summed E-state index contributed by atoms with van der Waals surface area (Å²) in [6, 6.07) is 9.97. The minimum absolute atomic E-state index is 0.123. The number of hydrogen-bond acceptors (Lipinski definition) is 4. The third-order valence-corrected chi connectivity index (χ3v) is 3.47. The van der Waals surface area contributed by atoms with Gasteiger partial charge in [0, 0.05) is 26.1 Å². The lowest BCUT2D eigenvalue weighted by atomic mass is 10.2. The van der Waals surface area contributed by atoms with Gasteiger partial charge in [-0.25, -0.2) is 0 Å². The van der Waals surface area contributed by atoms with Crippen molar-refractivity contribution in [3.05, 3.63) is 35.9 Å². The molecule has 1 fully saturated rings. The number of nitrogens with zero attached hydrogens (tertiary/aromatic N) is 1. The van der Waals surface area contributed by atoms with Crippen LogP contribution >= 0.6 is 0 Å². The summed E-state index contributed by atoms with van der Waals surface area (Å²) in [7, 11) is 1.44. The van der Waals surface area contributed by atoms with E-state index in [1.165, 1.54) is 12.7 Å². The van der Waals surface area contributed by atoms with Crippen LogP contribution in [-0.4, -0.2) is 43.3 Å². The second-order valence-corrected chi connectivity index (χ2v) is 4.77. The highest BCUT2D eigenvalue weighted by Crippen LogP contribution is 2.23. The van der Waals surface area contributed by atoms with E-state index >= 15 is 0 Å². The van der Waals surface area contributed by atoms with Crippen molar-refractivity contribution in [2.45, 2.75) is 32.0 Å². The standard InChI is InChI=1S/C15H21NO3/c1-3-19-13-9-14(15(17)18-2)16(11-13)10-12-7-5-4-6-8-12/h4-8,13-14H,3,9-11H2,1-2H3/t13-,14?/m1/s1. The predicted octanol–water partition coefficient (Wildman–Crippen LogP) is 1.84. The lowest BCUT2D eigenvalue weighted by molar-refractivity contribution is -0.146. The predicted molar refractivity (Wildman–Crippen MR) is 72.7 cm³/mol. The number of hydrogen-bond donors (Lipinski definition) is 0. The molecule has 2 atom stereocenters. The highest BCUT2D eigenvalue weighted by Gasteiger charge is 2.37. The zero-order chi connectivity index (χ0) is 13.7. The molecule has 1 saturated heterocycles. The maximum atomic E-state index is 11.8. The van der Waals surface area contributed by atoms with Gasteiger partial charge in [0.05, 0.1) is 13.2 Å². The highest BCUT2D eigenvalue weighted by molar-refractivity contribution is 5.76. The number of methoxy groups -OCH3 is 1. The Kier molecular flexibility index (Phi) is 4.93. The number of esters is 1. The molecule has 0 amide bonds. The maximum Gasteiger partial charge on any atom is 0.323 e. The Labute approximate surface area is 114 Å². The minimum atomic E-state index is -0.193. The molecular weight excluding hydrogens is 242 g/mol. The van der Waals surface area contributed by atoms with Crippen molar-refractivity contribution in [3.8, 4) is 0 Å². The molecule has 0 spiro atoms. The number of likely N-dealkylation sites (tertiary alicyclic amines) is 1. The van der Waals surface area contributed by atoms with E-state index in [1.54, 1.807) is 0 Å². The van der Waals surface area contributed by atoms with E-state index in [1.807, 2.05) is 25.1 Å². The largest absolute Gasteiger partial charge is 0.468 e. The van der Waals surface area contributed by atoms with E-state index in [9.17, 15) is 4.79 Å². The second-order valence-electron chi connectivity index (χ2n) is 4.77. The van der Waals surface area contributed by atoms with Gasteiger partial charge in [-0.15, -0.1) is 0 Å². The fourth-order valence-electron chi connectivity index (χ4n) is 2.59. The SMILES string of the molecule is CCO[C@@H]1CC(C(=O)OC)N(Cc2ccccc2)C1. The average Bonchev–Trinajstić information content (AvgIpc) is 2.82. The molecule has 0 N–H and O–H groups in total. The monoisotopic (exact) mass is 263 g/mol. The maximum absolute atomic E-state index is 11.8. The summed E-state index contributed by atoms with van der Waals surface area (Å²) in [6.45, 7) is 4.19. The van der Waals surface area contributed by atoms with Crippen LogP contribution < -0.4 is 0 Å². The van der Waals surface area contributed by atoms with Gasteiger partial charge in [-0.3, -0.25) is 9.69 Å². The summed E-state index contributed by atoms with van der Waals surface area (Å²) < 4.78 is 10.5. The Hall–Kier alpha value is -1.39. The molecule has 1 aliphatic heterocycles. The van der Waals surface area contributed by atoms with Gasteiger partial charge in [0.2, 0.25) is 0 Å². The quantitative estimate of drug-likeness (QED) is 0.760. The van der Waals surface area contributed by atoms with E-state index in [2.05, 4.69) is 17.0 Å². The van der Waals surface area contributed by atoms with Crippen molar-refractivity contribution in [3.63, 3.8) is 0 Å². The summed E-state index contributed by atoms with van der Waals surface area (Å²) in [6.07, 6.45) is 0.839. The fraction of sp³-hybridized carbons (Fsp3) is 0.533. The third kappa shape index (κ3) is 3.55. The summed E-state index contributed by atoms with van der Waals surface area (Å²) >= 11 is 0. The van der Waals surface area contributed by atoms with Gasteiger partial charge in [0.15, 0.2) is 0 Å². The second kappa shape index (κ2) is 6.68. The van der Waals surface area contributed by atoms with Crippen molar-refractivity contribution in [1.82, 2.24) is 4.90 Å². The molecule has 1 aliphatic rings. The number of carbonyl (C=O) groups excluding carboxylic acids is 1. The van der Waals surface area contributed by atoms with Crippen LogP contribution in [0.1, 0.15) is 18.9 Å². The molecule has 104 valence electrons. The van der Waals surface area contributed by atoms with Crippen LogP contribution in [-0.2, 0) is 20.8 Å². The van der Waals surface area contributed by atoms with E-state index < -0.39 is 0 Å². The van der Waals surface area contributed by atoms with Crippen molar-refractivity contribution in [2.24, 2.45) is 0 Å². The highest BCUT2D eigenvalue weighted by atomic mass is 16.5. The molecule has 1 aromatic carbocycles. The van der Waals surface area contributed by atoms with Gasteiger partial charge in [-0.2, -0.15) is 0 Å². The van der Waals surface area contributed by atoms with Crippen molar-refractivity contribution >= 4 is 5.97 Å². The average molecular weight is 263 g/mol. The molecular formula is C15H21NO3. The summed E-state index contributed by atoms with van der Waals surface area (Å²) in [5.74, 6) is -0.168. The summed E-state index contributed by atoms with van der Waals surface area (Å²) in [5, 5.41) is 0. The Balaban J connectivity index is 2.05. The van der Waals surface area contributed by atoms with E-state index in [0.717, 1.165) is 13.1 Å². The first-order valence-electron chi connectivity index (χ1n) is 6.72. The van der Waals surface area contributed by atoms with Crippen LogP contribution in [0.4, 0.5) is 0 Å². The number of benzene rings is 1. The van der Waals surface area contributed by atoms with Crippen molar-refractivity contribution < 1.29 is 14.3 Å². The van der Waals surface area contributed by atoms with Gasteiger partial charge in [0.1, 0.15) is 6.04 Å². The van der Waals surface area contributed by atoms with Crippen LogP contribution in [0, 0.1) is 0 Å². The Morgan fingerprint density at radius 1 is 1.37 bits per heavy atom. The molecule has 1 aromatic rings. The van der Waals surface area contributed by atoms with Crippen LogP contribution in [0.3, 0.4) is 0 Å². The third-order valence-electron chi connectivity index (χ3n) is 3.47. The number of carbonyl (C=O) groups is 1. The first kappa shape index (κ1) is 14.0. The normalized spacial score (nSPS) is 23.5. The van der Waals surface area contributed by atoms with Gasteiger partial charge < -0.3 is 9.47 Å². The van der Waals surface area contributed by atoms with Gasteiger partial charge in [-0.1, -0.05) is 30.3 Å². The Bertz CT molecular complexity index is 407. The zero-order valence-corrected chi connectivity index (χ0v) is 11.5. The zero-order valence-electron chi connectivity index (χ0n) is 11.5. The topological polar surface area (TPSA) is 38.8 Å². The molecule has 2 rings (SSSR count). The first-order chi connectivity index (χ1) is 9.24. The molecule has 4 heteroatoms. The van der Waals surface area contributed by atoms with Crippen LogP contribution in [0.5, 0.6) is 0 Å². The van der Waals surface area contributed by atoms with Crippen LogP contribution in [0.2, 0.25) is 0 Å². The first-order valence-corrected chi connectivity index (χ1v) is 6.72. The molecule has 4 nitrogen and oxygen atoms in total. The molecule has 0 bridgehead atoms. The molecule has 19 heavy (non-hydrogen) atoms. The fourth-order valence-corrected chi connectivity index (χ4v) is 2.59. The van der Waals surface area contributed by atoms with E-state index in [4.69, 9.17) is 9.47 Å². The van der Waals surface area contributed by atoms with Crippen molar-refractivity contribution in [1.29, 1.82) is 0 Å². The molecule has 1 unspecified atom stereocenters. The number of rotatable bonds is 5. The Morgan fingerprint density at radius 2 is 2.11 bits per heavy atom. The van der Waals surface area contributed by atoms with Crippen LogP contribution in [0.25, 0.3) is 0 Å². The van der Waals surface area contributed by atoms with E-state index in [0.29, 0.717) is 13.0 Å². The lowest BCUT2D eigenvalue weighted by Gasteiger charge is -2.21. The van der Waals surface area contributed by atoms with Gasteiger partial charge >= 0.3 is 5.97 Å². The molecule has 0 aliphatic carbocycles.